The lowest BCUT2D eigenvalue weighted by atomic mass is 10.0. The summed E-state index contributed by atoms with van der Waals surface area (Å²) in [4.78, 5) is 0.424. The predicted molar refractivity (Wildman–Crippen MR) is 75.3 cm³/mol. The molecule has 4 heteroatoms. The van der Waals surface area contributed by atoms with Crippen LogP contribution in [0.5, 0.6) is 0 Å². The number of fused-ring (bicyclic) bond motifs is 2. The molecule has 2 atom stereocenters. The smallest absolute Gasteiger partial charge is 0.207 e. The molecule has 2 bridgehead atoms. The molecule has 1 aliphatic carbocycles. The molecular weight excluding hydrogens is 258 g/mol. The number of allylic oxidation sites excluding steroid dienone is 1. The van der Waals surface area contributed by atoms with Crippen LogP contribution in [0.15, 0.2) is 40.8 Å². The van der Waals surface area contributed by atoms with Crippen LogP contribution >= 0.6 is 0 Å². The van der Waals surface area contributed by atoms with Crippen LogP contribution in [0.3, 0.4) is 0 Å². The fraction of sp³-hybridized carbons (Fsp3) is 0.467. The second kappa shape index (κ2) is 4.46. The Labute approximate surface area is 115 Å². The van der Waals surface area contributed by atoms with Crippen molar-refractivity contribution in [3.05, 3.63) is 41.5 Å². The van der Waals surface area contributed by atoms with Crippen LogP contribution in [0, 0.1) is 12.8 Å². The Morgan fingerprint density at radius 3 is 2.47 bits per heavy atom. The third-order valence-corrected chi connectivity index (χ3v) is 6.29. The van der Waals surface area contributed by atoms with E-state index in [9.17, 15) is 8.42 Å². The Kier molecular flexibility index (Phi) is 3.02. The SMILES string of the molecule is C/C=C1\C[C@H]2C[C@@H]1CN2S(=O)(=O)c1ccc(C)cc1. The van der Waals surface area contributed by atoms with Crippen molar-refractivity contribution < 1.29 is 8.42 Å². The van der Waals surface area contributed by atoms with Gasteiger partial charge in [0.05, 0.1) is 4.90 Å². The van der Waals surface area contributed by atoms with Gasteiger partial charge in [-0.25, -0.2) is 8.42 Å². The number of rotatable bonds is 2. The van der Waals surface area contributed by atoms with Gasteiger partial charge in [-0.2, -0.15) is 4.31 Å². The summed E-state index contributed by atoms with van der Waals surface area (Å²) in [7, 11) is -3.31. The van der Waals surface area contributed by atoms with Gasteiger partial charge in [0, 0.05) is 12.6 Å². The number of piperidine rings is 1. The largest absolute Gasteiger partial charge is 0.243 e. The van der Waals surface area contributed by atoms with Gasteiger partial charge >= 0.3 is 0 Å². The van der Waals surface area contributed by atoms with E-state index in [0.717, 1.165) is 18.4 Å². The highest BCUT2D eigenvalue weighted by molar-refractivity contribution is 7.89. The number of benzene rings is 1. The van der Waals surface area contributed by atoms with Crippen LogP contribution in [0.1, 0.15) is 25.3 Å². The second-order valence-electron chi connectivity index (χ2n) is 5.54. The summed E-state index contributed by atoms with van der Waals surface area (Å²) in [5.41, 5.74) is 2.51. The molecule has 1 aromatic rings. The molecule has 0 aromatic heterocycles. The molecule has 0 spiro atoms. The minimum Gasteiger partial charge on any atom is -0.207 e. The molecule has 1 saturated heterocycles. The minimum absolute atomic E-state index is 0.169. The Morgan fingerprint density at radius 1 is 1.26 bits per heavy atom. The lowest BCUT2D eigenvalue weighted by Gasteiger charge is -2.27. The van der Waals surface area contributed by atoms with Gasteiger partial charge in [0.2, 0.25) is 10.0 Å². The van der Waals surface area contributed by atoms with Gasteiger partial charge in [-0.1, -0.05) is 29.3 Å². The zero-order valence-corrected chi connectivity index (χ0v) is 12.2. The summed E-state index contributed by atoms with van der Waals surface area (Å²) in [6.45, 7) is 4.67. The van der Waals surface area contributed by atoms with Crippen molar-refractivity contribution in [2.24, 2.45) is 5.92 Å². The van der Waals surface area contributed by atoms with Crippen molar-refractivity contribution in [3.8, 4) is 0 Å². The molecule has 19 heavy (non-hydrogen) atoms. The Balaban J connectivity index is 1.90. The maximum Gasteiger partial charge on any atom is 0.243 e. The molecule has 2 fully saturated rings. The van der Waals surface area contributed by atoms with Gasteiger partial charge in [0.25, 0.3) is 0 Å². The normalized spacial score (nSPS) is 29.3. The monoisotopic (exact) mass is 277 g/mol. The Morgan fingerprint density at radius 2 is 1.95 bits per heavy atom. The first kappa shape index (κ1) is 12.9. The zero-order chi connectivity index (χ0) is 13.6. The summed E-state index contributed by atoms with van der Waals surface area (Å²) in [6, 6.07) is 7.32. The third kappa shape index (κ3) is 2.03. The van der Waals surface area contributed by atoms with Gasteiger partial charge in [-0.15, -0.1) is 0 Å². The molecule has 1 heterocycles. The molecule has 0 amide bonds. The standard InChI is InChI=1S/C15H19NO2S/c1-3-12-8-14-9-13(12)10-16(14)19(17,18)15-6-4-11(2)5-7-15/h3-7,13-14H,8-10H2,1-2H3/b12-3+/t13-,14+/m1/s1. The van der Waals surface area contributed by atoms with Crippen molar-refractivity contribution in [1.29, 1.82) is 0 Å². The third-order valence-electron chi connectivity index (χ3n) is 4.36. The Hall–Kier alpha value is -1.13. The molecular formula is C15H19NO2S. The van der Waals surface area contributed by atoms with E-state index in [4.69, 9.17) is 0 Å². The highest BCUT2D eigenvalue weighted by Gasteiger charge is 2.46. The maximum absolute atomic E-state index is 12.6. The van der Waals surface area contributed by atoms with Crippen LogP contribution in [0.2, 0.25) is 0 Å². The van der Waals surface area contributed by atoms with Crippen molar-refractivity contribution in [2.75, 3.05) is 6.54 Å². The minimum atomic E-state index is -3.31. The summed E-state index contributed by atoms with van der Waals surface area (Å²) in [6.07, 6.45) is 4.05. The van der Waals surface area contributed by atoms with Crippen molar-refractivity contribution >= 4 is 10.0 Å². The van der Waals surface area contributed by atoms with Gasteiger partial charge in [-0.3, -0.25) is 0 Å². The van der Waals surface area contributed by atoms with E-state index in [1.165, 1.54) is 5.57 Å². The summed E-state index contributed by atoms with van der Waals surface area (Å²) in [5.74, 6) is 0.440. The van der Waals surface area contributed by atoms with Gasteiger partial charge in [0.15, 0.2) is 0 Å². The van der Waals surface area contributed by atoms with Crippen molar-refractivity contribution in [2.45, 2.75) is 37.6 Å². The van der Waals surface area contributed by atoms with Gasteiger partial charge < -0.3 is 0 Å². The van der Waals surface area contributed by atoms with Crippen LogP contribution in [0.4, 0.5) is 0 Å². The predicted octanol–water partition coefficient (Wildman–Crippen LogP) is 2.72. The van der Waals surface area contributed by atoms with E-state index in [-0.39, 0.29) is 6.04 Å². The molecule has 0 N–H and O–H groups in total. The van der Waals surface area contributed by atoms with Crippen molar-refractivity contribution in [1.82, 2.24) is 4.31 Å². The number of aryl methyl sites for hydroxylation is 1. The topological polar surface area (TPSA) is 37.4 Å². The summed E-state index contributed by atoms with van der Waals surface area (Å²) < 4.78 is 27.0. The van der Waals surface area contributed by atoms with E-state index in [1.807, 2.05) is 19.1 Å². The van der Waals surface area contributed by atoms with E-state index in [0.29, 0.717) is 17.4 Å². The van der Waals surface area contributed by atoms with E-state index in [2.05, 4.69) is 13.0 Å². The fourth-order valence-corrected chi connectivity index (χ4v) is 4.95. The summed E-state index contributed by atoms with van der Waals surface area (Å²) >= 11 is 0. The quantitative estimate of drug-likeness (QED) is 0.779. The molecule has 1 aliphatic heterocycles. The molecule has 0 radical (unpaired) electrons. The number of nitrogens with zero attached hydrogens (tertiary/aromatic N) is 1. The number of hydrogen-bond donors (Lipinski definition) is 0. The highest BCUT2D eigenvalue weighted by Crippen LogP contribution is 2.43. The second-order valence-corrected chi connectivity index (χ2v) is 7.43. The van der Waals surface area contributed by atoms with Crippen LogP contribution in [-0.4, -0.2) is 25.3 Å². The zero-order valence-electron chi connectivity index (χ0n) is 11.3. The first-order valence-electron chi connectivity index (χ1n) is 6.76. The molecule has 1 aromatic carbocycles. The average molecular weight is 277 g/mol. The molecule has 3 nitrogen and oxygen atoms in total. The van der Waals surface area contributed by atoms with E-state index >= 15 is 0 Å². The van der Waals surface area contributed by atoms with E-state index < -0.39 is 10.0 Å². The van der Waals surface area contributed by atoms with Crippen LogP contribution in [-0.2, 0) is 10.0 Å². The molecule has 2 aliphatic rings. The molecule has 0 unspecified atom stereocenters. The first-order chi connectivity index (χ1) is 9.02. The van der Waals surface area contributed by atoms with E-state index in [1.54, 1.807) is 16.4 Å². The first-order valence-corrected chi connectivity index (χ1v) is 8.20. The Bertz CT molecular complexity index is 616. The molecule has 3 rings (SSSR count). The van der Waals surface area contributed by atoms with Gasteiger partial charge in [-0.05, 0) is 44.7 Å². The lowest BCUT2D eigenvalue weighted by Crippen LogP contribution is -2.38. The van der Waals surface area contributed by atoms with Crippen LogP contribution < -0.4 is 0 Å². The average Bonchev–Trinajstić information content (AvgIpc) is 2.98. The summed E-state index contributed by atoms with van der Waals surface area (Å²) in [5, 5.41) is 0. The molecule has 102 valence electrons. The fourth-order valence-electron chi connectivity index (χ4n) is 3.27. The van der Waals surface area contributed by atoms with Crippen LogP contribution in [0.25, 0.3) is 0 Å². The van der Waals surface area contributed by atoms with Crippen molar-refractivity contribution in [3.63, 3.8) is 0 Å². The highest BCUT2D eigenvalue weighted by atomic mass is 32.2. The molecule has 1 saturated carbocycles. The number of sulfonamides is 1. The maximum atomic E-state index is 12.6. The van der Waals surface area contributed by atoms with Gasteiger partial charge in [0.1, 0.15) is 0 Å². The number of hydrogen-bond acceptors (Lipinski definition) is 2. The lowest BCUT2D eigenvalue weighted by molar-refractivity contribution is 0.367.